The van der Waals surface area contributed by atoms with Crippen LogP contribution in [0.5, 0.6) is 0 Å². The van der Waals surface area contributed by atoms with Gasteiger partial charge in [0, 0.05) is 30.8 Å². The van der Waals surface area contributed by atoms with Crippen LogP contribution in [-0.2, 0) is 10.0 Å². The Balaban J connectivity index is 1.44. The summed E-state index contributed by atoms with van der Waals surface area (Å²) >= 11 is 0. The standard InChI is InChI=1S/C25H29FN4O3S/c1-5-29(34(31,32)25-16(3)28-33-17(25)4)14-19-7-6-18-12-23-22(15(2)24(18)19)13-27-30(23)21-10-8-20(26)9-11-21/h8-13,15,19,27H,5-7,14H2,1-4H3/t15-,19+/m0/s1. The average Bonchev–Trinajstić information content (AvgIpc) is 3.50. The molecule has 0 bridgehead atoms. The molecule has 0 radical (unpaired) electrons. The number of hydrogen-bond acceptors (Lipinski definition) is 6. The minimum Gasteiger partial charge on any atom is -0.360 e. The van der Waals surface area contributed by atoms with Crippen LogP contribution in [0.25, 0.3) is 0 Å². The van der Waals surface area contributed by atoms with Crippen molar-refractivity contribution in [3.05, 3.63) is 76.2 Å². The van der Waals surface area contributed by atoms with E-state index >= 15 is 0 Å². The molecular formula is C25H29FN4O3S. The zero-order chi connectivity index (χ0) is 24.2. The summed E-state index contributed by atoms with van der Waals surface area (Å²) in [6.45, 7) is 8.16. The molecule has 0 amide bonds. The predicted molar refractivity (Wildman–Crippen MR) is 128 cm³/mol. The lowest BCUT2D eigenvalue weighted by atomic mass is 9.80. The van der Waals surface area contributed by atoms with Crippen LogP contribution < -0.4 is 10.4 Å². The molecule has 2 heterocycles. The summed E-state index contributed by atoms with van der Waals surface area (Å²) < 4.78 is 47.0. The minimum atomic E-state index is -3.70. The Bertz CT molecular complexity index is 1300. The van der Waals surface area contributed by atoms with Crippen molar-refractivity contribution in [2.45, 2.75) is 45.4 Å². The molecule has 2 atom stereocenters. The topological polar surface area (TPSA) is 78.7 Å². The first-order valence-electron chi connectivity index (χ1n) is 11.6. The lowest BCUT2D eigenvalue weighted by Crippen LogP contribution is -2.36. The van der Waals surface area contributed by atoms with Gasteiger partial charge in [-0.15, -0.1) is 0 Å². The van der Waals surface area contributed by atoms with Crippen molar-refractivity contribution in [2.24, 2.45) is 11.8 Å². The van der Waals surface area contributed by atoms with Gasteiger partial charge in [-0.2, -0.15) is 4.31 Å². The van der Waals surface area contributed by atoms with Crippen molar-refractivity contribution in [3.63, 3.8) is 0 Å². The molecule has 0 saturated carbocycles. The number of anilines is 1. The van der Waals surface area contributed by atoms with Crippen molar-refractivity contribution in [1.29, 1.82) is 0 Å². The van der Waals surface area contributed by atoms with Gasteiger partial charge in [-0.1, -0.05) is 24.6 Å². The van der Waals surface area contributed by atoms with Crippen molar-refractivity contribution >= 4 is 15.7 Å². The van der Waals surface area contributed by atoms with Gasteiger partial charge in [-0.25, -0.2) is 12.8 Å². The highest BCUT2D eigenvalue weighted by Crippen LogP contribution is 2.48. The third-order valence-electron chi connectivity index (χ3n) is 7.13. The number of benzene rings is 1. The minimum absolute atomic E-state index is 0.138. The van der Waals surface area contributed by atoms with E-state index in [0.717, 1.165) is 29.8 Å². The molecule has 1 N–H and O–H groups in total. The van der Waals surface area contributed by atoms with Gasteiger partial charge < -0.3 is 9.95 Å². The zero-order valence-corrected chi connectivity index (χ0v) is 20.6. The first-order chi connectivity index (χ1) is 16.2. The molecule has 2 aromatic rings. The Morgan fingerprint density at radius 1 is 1.26 bits per heavy atom. The monoisotopic (exact) mass is 484 g/mol. The molecule has 5 rings (SSSR count). The number of hydrazine groups is 1. The Morgan fingerprint density at radius 2 is 2.00 bits per heavy atom. The molecule has 0 saturated heterocycles. The van der Waals surface area contributed by atoms with Gasteiger partial charge in [-0.3, -0.25) is 5.01 Å². The lowest BCUT2D eigenvalue weighted by Gasteiger charge is -2.31. The van der Waals surface area contributed by atoms with E-state index in [4.69, 9.17) is 4.52 Å². The molecule has 0 unspecified atom stereocenters. The van der Waals surface area contributed by atoms with E-state index in [-0.39, 0.29) is 22.5 Å². The lowest BCUT2D eigenvalue weighted by molar-refractivity contribution is 0.365. The fourth-order valence-electron chi connectivity index (χ4n) is 5.52. The summed E-state index contributed by atoms with van der Waals surface area (Å²) in [6.07, 6.45) is 6.01. The van der Waals surface area contributed by atoms with Crippen LogP contribution >= 0.6 is 0 Å². The predicted octanol–water partition coefficient (Wildman–Crippen LogP) is 4.59. The molecule has 1 aromatic carbocycles. The molecule has 1 aliphatic heterocycles. The van der Waals surface area contributed by atoms with E-state index in [1.807, 2.05) is 18.1 Å². The van der Waals surface area contributed by atoms with Crippen LogP contribution in [0.1, 0.15) is 38.1 Å². The molecule has 1 aromatic heterocycles. The summed E-state index contributed by atoms with van der Waals surface area (Å²) in [6, 6.07) is 6.42. The van der Waals surface area contributed by atoms with Crippen LogP contribution in [0.2, 0.25) is 0 Å². The Hall–Kier alpha value is -2.91. The number of sulfonamides is 1. The quantitative estimate of drug-likeness (QED) is 0.646. The number of rotatable bonds is 6. The third-order valence-corrected chi connectivity index (χ3v) is 9.32. The van der Waals surface area contributed by atoms with Crippen molar-refractivity contribution in [3.8, 4) is 0 Å². The largest absolute Gasteiger partial charge is 0.360 e. The van der Waals surface area contributed by atoms with E-state index in [1.54, 1.807) is 30.3 Å². The summed E-state index contributed by atoms with van der Waals surface area (Å²) in [5.41, 5.74) is 9.37. The fraction of sp³-hybridized carbons (Fsp3) is 0.400. The number of aryl methyl sites for hydroxylation is 2. The normalized spacial score (nSPS) is 22.0. The van der Waals surface area contributed by atoms with Gasteiger partial charge in [0.25, 0.3) is 0 Å². The third kappa shape index (κ3) is 3.58. The number of hydrogen-bond donors (Lipinski definition) is 1. The maximum absolute atomic E-state index is 13.4. The van der Waals surface area contributed by atoms with E-state index in [0.29, 0.717) is 24.5 Å². The van der Waals surface area contributed by atoms with E-state index in [1.165, 1.54) is 23.3 Å². The van der Waals surface area contributed by atoms with Gasteiger partial charge in [0.1, 0.15) is 16.4 Å². The van der Waals surface area contributed by atoms with Gasteiger partial charge >= 0.3 is 0 Å². The molecule has 180 valence electrons. The maximum atomic E-state index is 13.4. The second-order valence-corrected chi connectivity index (χ2v) is 11.0. The molecule has 34 heavy (non-hydrogen) atoms. The number of aromatic nitrogens is 1. The summed E-state index contributed by atoms with van der Waals surface area (Å²) in [5, 5.41) is 5.82. The molecule has 2 aliphatic carbocycles. The van der Waals surface area contributed by atoms with Crippen LogP contribution in [0.4, 0.5) is 10.1 Å². The number of halogens is 1. The molecular weight excluding hydrogens is 455 g/mol. The van der Waals surface area contributed by atoms with Gasteiger partial charge in [-0.05, 0) is 68.5 Å². The van der Waals surface area contributed by atoms with Crippen molar-refractivity contribution < 1.29 is 17.3 Å². The highest BCUT2D eigenvalue weighted by atomic mass is 32.2. The van der Waals surface area contributed by atoms with Gasteiger partial charge in [0.05, 0.1) is 11.4 Å². The number of fused-ring (bicyclic) bond motifs is 1. The van der Waals surface area contributed by atoms with Gasteiger partial charge in [0.15, 0.2) is 5.76 Å². The highest BCUT2D eigenvalue weighted by molar-refractivity contribution is 7.89. The first-order valence-corrected chi connectivity index (χ1v) is 13.1. The van der Waals surface area contributed by atoms with Crippen LogP contribution in [0.15, 0.2) is 68.4 Å². The Kier molecular flexibility index (Phi) is 5.64. The number of nitrogens with zero attached hydrogens (tertiary/aromatic N) is 3. The molecule has 3 aliphatic rings. The molecule has 9 heteroatoms. The van der Waals surface area contributed by atoms with E-state index in [2.05, 4.69) is 23.6 Å². The maximum Gasteiger partial charge on any atom is 0.248 e. The number of nitrogens with one attached hydrogen (secondary N) is 1. The molecule has 0 fully saturated rings. The molecule has 0 spiro atoms. The average molecular weight is 485 g/mol. The second-order valence-electron chi connectivity index (χ2n) is 9.12. The van der Waals surface area contributed by atoms with E-state index in [9.17, 15) is 12.8 Å². The van der Waals surface area contributed by atoms with Crippen LogP contribution in [-0.4, -0.2) is 31.0 Å². The fourth-order valence-corrected chi connectivity index (χ4v) is 7.31. The smallest absolute Gasteiger partial charge is 0.248 e. The van der Waals surface area contributed by atoms with Crippen LogP contribution in [0.3, 0.4) is 0 Å². The van der Waals surface area contributed by atoms with Gasteiger partial charge in [0.2, 0.25) is 10.0 Å². The Morgan fingerprint density at radius 3 is 2.65 bits per heavy atom. The molecule has 7 nitrogen and oxygen atoms in total. The number of allylic oxidation sites excluding steroid dienone is 3. The zero-order valence-electron chi connectivity index (χ0n) is 19.8. The van der Waals surface area contributed by atoms with Crippen molar-refractivity contribution in [1.82, 2.24) is 14.9 Å². The van der Waals surface area contributed by atoms with Crippen LogP contribution in [0, 0.1) is 31.5 Å². The summed E-state index contributed by atoms with van der Waals surface area (Å²) in [5.74, 6) is 0.349. The van der Waals surface area contributed by atoms with E-state index < -0.39 is 10.0 Å². The summed E-state index contributed by atoms with van der Waals surface area (Å²) in [7, 11) is -3.70. The Labute approximate surface area is 199 Å². The summed E-state index contributed by atoms with van der Waals surface area (Å²) in [4.78, 5) is 0.179. The highest BCUT2D eigenvalue weighted by Gasteiger charge is 2.40. The van der Waals surface area contributed by atoms with Crippen molar-refractivity contribution in [2.75, 3.05) is 18.1 Å². The SMILES string of the molecule is CCN(C[C@H]1CCC2=C1[C@@H](C)C1=CNN(c3ccc(F)cc3)C1=C2)S(=O)(=O)c1c(C)noc1C. The first kappa shape index (κ1) is 22.9. The second kappa shape index (κ2) is 8.39.